The van der Waals surface area contributed by atoms with Crippen LogP contribution in [0, 0.1) is 5.41 Å². The van der Waals surface area contributed by atoms with Gasteiger partial charge in [0.15, 0.2) is 5.84 Å². The number of amidine groups is 1. The molecule has 4 N–H and O–H groups in total. The van der Waals surface area contributed by atoms with Gasteiger partial charge in [0.25, 0.3) is 0 Å². The van der Waals surface area contributed by atoms with E-state index in [1.165, 1.54) is 0 Å². The fourth-order valence-corrected chi connectivity index (χ4v) is 2.63. The number of hydrogen-bond donors (Lipinski definition) is 3. The van der Waals surface area contributed by atoms with Crippen LogP contribution in [-0.4, -0.2) is 52.4 Å². The van der Waals surface area contributed by atoms with Gasteiger partial charge in [0, 0.05) is 42.1 Å². The molecule has 0 aromatic carbocycles. The van der Waals surface area contributed by atoms with E-state index in [0.717, 1.165) is 0 Å². The summed E-state index contributed by atoms with van der Waals surface area (Å²) in [5.41, 5.74) is 4.65. The fourth-order valence-electron chi connectivity index (χ4n) is 2.01. The molecule has 1 unspecified atom stereocenters. The Morgan fingerprint density at radius 1 is 1.53 bits per heavy atom. The summed E-state index contributed by atoms with van der Waals surface area (Å²) in [7, 11) is -0.925. The summed E-state index contributed by atoms with van der Waals surface area (Å²) < 4.78 is 16.5. The number of carbonyl (C=O) groups excluding carboxylic acids is 1. The molecular weight excluding hydrogens is 270 g/mol. The van der Waals surface area contributed by atoms with E-state index in [1.54, 1.807) is 0 Å². The van der Waals surface area contributed by atoms with Gasteiger partial charge in [-0.25, -0.2) is 0 Å². The van der Waals surface area contributed by atoms with Crippen LogP contribution in [0.15, 0.2) is 5.16 Å². The molecule has 0 spiro atoms. The number of rotatable bonds is 6. The number of carbonyl (C=O) groups is 1. The van der Waals surface area contributed by atoms with Gasteiger partial charge in [0.1, 0.15) is 5.41 Å². The lowest BCUT2D eigenvalue weighted by atomic mass is 9.78. The maximum Gasteiger partial charge on any atom is 0.234 e. The van der Waals surface area contributed by atoms with Crippen LogP contribution in [0.25, 0.3) is 0 Å². The predicted molar refractivity (Wildman–Crippen MR) is 72.5 cm³/mol. The van der Waals surface area contributed by atoms with E-state index in [4.69, 9.17) is 15.7 Å². The Balaban J connectivity index is 2.65. The summed E-state index contributed by atoms with van der Waals surface area (Å²) in [5.74, 6) is 0.587. The zero-order valence-corrected chi connectivity index (χ0v) is 11.9. The minimum absolute atomic E-state index is 0.0927. The molecule has 8 heteroatoms. The molecule has 0 radical (unpaired) electrons. The van der Waals surface area contributed by atoms with Gasteiger partial charge in [-0.05, 0) is 12.8 Å². The summed E-state index contributed by atoms with van der Waals surface area (Å²) in [6.45, 7) is 2.93. The highest BCUT2D eigenvalue weighted by molar-refractivity contribution is 7.84. The van der Waals surface area contributed by atoms with Crippen LogP contribution in [0.3, 0.4) is 0 Å². The van der Waals surface area contributed by atoms with E-state index < -0.39 is 16.2 Å². The highest BCUT2D eigenvalue weighted by Gasteiger charge is 2.44. The van der Waals surface area contributed by atoms with Crippen LogP contribution >= 0.6 is 0 Å². The van der Waals surface area contributed by atoms with E-state index >= 15 is 0 Å². The van der Waals surface area contributed by atoms with E-state index in [2.05, 4.69) is 10.5 Å². The van der Waals surface area contributed by atoms with Gasteiger partial charge in [-0.15, -0.1) is 0 Å². The zero-order valence-electron chi connectivity index (χ0n) is 11.1. The molecule has 19 heavy (non-hydrogen) atoms. The SMILES string of the molecule is CCS(=O)CCNC(=O)C1(C(N)=NO)CCOCC1. The van der Waals surface area contributed by atoms with Crippen molar-refractivity contribution in [2.24, 2.45) is 16.3 Å². The Morgan fingerprint density at radius 2 is 2.16 bits per heavy atom. The van der Waals surface area contributed by atoms with Gasteiger partial charge >= 0.3 is 0 Å². The van der Waals surface area contributed by atoms with Crippen molar-refractivity contribution >= 4 is 22.5 Å². The summed E-state index contributed by atoms with van der Waals surface area (Å²) in [4.78, 5) is 12.3. The van der Waals surface area contributed by atoms with Gasteiger partial charge in [0.2, 0.25) is 5.91 Å². The first-order valence-corrected chi connectivity index (χ1v) is 7.74. The number of ether oxygens (including phenoxy) is 1. The van der Waals surface area contributed by atoms with Gasteiger partial charge in [-0.1, -0.05) is 12.1 Å². The van der Waals surface area contributed by atoms with Gasteiger partial charge in [-0.2, -0.15) is 0 Å². The summed E-state index contributed by atoms with van der Waals surface area (Å²) in [6, 6.07) is 0. The standard InChI is InChI=1S/C11H21N3O4S/c1-2-19(17)8-5-13-10(15)11(9(12)14-16)3-6-18-7-4-11/h16H,2-8H2,1H3,(H2,12,14)(H,13,15). The molecule has 0 aromatic heterocycles. The third-order valence-electron chi connectivity index (χ3n) is 3.32. The van der Waals surface area contributed by atoms with E-state index in [9.17, 15) is 9.00 Å². The summed E-state index contributed by atoms with van der Waals surface area (Å²) in [6.07, 6.45) is 0.761. The molecule has 1 saturated heterocycles. The monoisotopic (exact) mass is 291 g/mol. The van der Waals surface area contributed by atoms with Crippen molar-refractivity contribution < 1.29 is 18.9 Å². The van der Waals surface area contributed by atoms with Crippen molar-refractivity contribution in [1.82, 2.24) is 5.32 Å². The Labute approximate surface area is 115 Å². The van der Waals surface area contributed by atoms with Crippen LogP contribution in [0.5, 0.6) is 0 Å². The smallest absolute Gasteiger partial charge is 0.234 e. The Kier molecular flexibility index (Phi) is 6.23. The minimum Gasteiger partial charge on any atom is -0.409 e. The molecular formula is C11H21N3O4S. The Morgan fingerprint density at radius 3 is 2.68 bits per heavy atom. The van der Waals surface area contributed by atoms with Crippen molar-refractivity contribution in [2.75, 3.05) is 31.3 Å². The number of nitrogens with two attached hydrogens (primary N) is 1. The lowest BCUT2D eigenvalue weighted by molar-refractivity contribution is -0.131. The topological polar surface area (TPSA) is 114 Å². The highest BCUT2D eigenvalue weighted by atomic mass is 32.2. The molecule has 1 fully saturated rings. The highest BCUT2D eigenvalue weighted by Crippen LogP contribution is 2.31. The molecule has 0 saturated carbocycles. The number of hydrogen-bond acceptors (Lipinski definition) is 5. The molecule has 0 aliphatic carbocycles. The van der Waals surface area contributed by atoms with Crippen molar-refractivity contribution in [3.8, 4) is 0 Å². The maximum atomic E-state index is 12.3. The van der Waals surface area contributed by atoms with Gasteiger partial charge in [-0.3, -0.25) is 9.00 Å². The third kappa shape index (κ3) is 3.90. The number of amides is 1. The van der Waals surface area contributed by atoms with Crippen molar-refractivity contribution in [2.45, 2.75) is 19.8 Å². The largest absolute Gasteiger partial charge is 0.409 e. The summed E-state index contributed by atoms with van der Waals surface area (Å²) >= 11 is 0. The number of nitrogens with one attached hydrogen (secondary N) is 1. The second-order valence-electron chi connectivity index (χ2n) is 4.37. The van der Waals surface area contributed by atoms with Crippen LogP contribution in [-0.2, 0) is 20.3 Å². The molecule has 110 valence electrons. The molecule has 0 bridgehead atoms. The normalized spacial score (nSPS) is 20.8. The van der Waals surface area contributed by atoms with E-state index in [1.807, 2.05) is 6.92 Å². The van der Waals surface area contributed by atoms with Crippen LogP contribution < -0.4 is 11.1 Å². The van der Waals surface area contributed by atoms with Crippen LogP contribution in [0.4, 0.5) is 0 Å². The first kappa shape index (κ1) is 15.9. The van der Waals surface area contributed by atoms with Crippen molar-refractivity contribution in [1.29, 1.82) is 0 Å². The molecule has 1 atom stereocenters. The molecule has 7 nitrogen and oxygen atoms in total. The zero-order chi connectivity index (χ0) is 14.3. The van der Waals surface area contributed by atoms with Crippen LogP contribution in [0.2, 0.25) is 0 Å². The van der Waals surface area contributed by atoms with E-state index in [0.29, 0.717) is 44.1 Å². The number of nitrogens with zero attached hydrogens (tertiary/aromatic N) is 1. The first-order valence-electron chi connectivity index (χ1n) is 6.26. The summed E-state index contributed by atoms with van der Waals surface area (Å²) in [5, 5.41) is 14.5. The molecule has 1 aliphatic heterocycles. The first-order chi connectivity index (χ1) is 9.06. The van der Waals surface area contributed by atoms with Crippen LogP contribution in [0.1, 0.15) is 19.8 Å². The molecule has 1 rings (SSSR count). The third-order valence-corrected chi connectivity index (χ3v) is 4.62. The number of oxime groups is 1. The van der Waals surface area contributed by atoms with Gasteiger partial charge in [0.05, 0.1) is 0 Å². The van der Waals surface area contributed by atoms with Gasteiger partial charge < -0.3 is 21.0 Å². The molecule has 1 amide bonds. The average molecular weight is 291 g/mol. The maximum absolute atomic E-state index is 12.3. The molecule has 1 aliphatic rings. The average Bonchev–Trinajstić information content (AvgIpc) is 2.46. The lowest BCUT2D eigenvalue weighted by Gasteiger charge is -2.34. The fraction of sp³-hybridized carbons (Fsp3) is 0.818. The van der Waals surface area contributed by atoms with E-state index in [-0.39, 0.29) is 11.7 Å². The Hall–Kier alpha value is -1.15. The molecule has 1 heterocycles. The van der Waals surface area contributed by atoms with Crippen molar-refractivity contribution in [3.05, 3.63) is 0 Å². The lowest BCUT2D eigenvalue weighted by Crippen LogP contribution is -2.53. The minimum atomic E-state index is -1.01. The second-order valence-corrected chi connectivity index (χ2v) is 6.23. The molecule has 0 aromatic rings. The quantitative estimate of drug-likeness (QED) is 0.262. The predicted octanol–water partition coefficient (Wildman–Crippen LogP) is -0.586. The van der Waals surface area contributed by atoms with Crippen molar-refractivity contribution in [3.63, 3.8) is 0 Å². The second kappa shape index (κ2) is 7.44. The Bertz CT molecular complexity index is 367.